The van der Waals surface area contributed by atoms with Crippen LogP contribution >= 0.6 is 0 Å². The van der Waals surface area contributed by atoms with Crippen molar-refractivity contribution in [1.82, 2.24) is 4.98 Å². The van der Waals surface area contributed by atoms with Crippen molar-refractivity contribution >= 4 is 11.7 Å². The van der Waals surface area contributed by atoms with Gasteiger partial charge in [-0.15, -0.1) is 5.56 Å². The fourth-order valence-corrected chi connectivity index (χ4v) is 0.749. The molecule has 0 atom stereocenters. The number of nitrogens with two attached hydrogens (primary N) is 1. The van der Waals surface area contributed by atoms with Crippen LogP contribution in [0.1, 0.15) is 16.1 Å². The maximum Gasteiger partial charge on any atom is 0.296 e. The minimum absolute atomic E-state index is 0. The molecule has 0 fully saturated rings. The monoisotopic (exact) mass is 258 g/mol. The second kappa shape index (κ2) is 4.62. The van der Waals surface area contributed by atoms with E-state index in [-0.39, 0.29) is 49.7 Å². The molecule has 13 heavy (non-hydrogen) atoms. The van der Waals surface area contributed by atoms with Crippen molar-refractivity contribution in [3.8, 4) is 0 Å². The average molecular weight is 258 g/mol. The molecular formula is C7H6FN2O2Y-. The van der Waals surface area contributed by atoms with E-state index >= 15 is 0 Å². The van der Waals surface area contributed by atoms with Crippen LogP contribution in [-0.4, -0.2) is 16.1 Å². The van der Waals surface area contributed by atoms with E-state index in [4.69, 9.17) is 10.8 Å². The number of hydrogen-bond acceptors (Lipinski definition) is 3. The minimum atomic E-state index is -1.24. The van der Waals surface area contributed by atoms with Gasteiger partial charge in [0, 0.05) is 38.4 Å². The zero-order valence-electron chi connectivity index (χ0n) is 6.84. The summed E-state index contributed by atoms with van der Waals surface area (Å²) in [6, 6.07) is 0. The number of carboxylic acids is 1. The molecule has 3 N–H and O–H groups in total. The Kier molecular flexibility index (Phi) is 4.43. The molecule has 0 amide bonds. The molecule has 0 aliphatic rings. The van der Waals surface area contributed by atoms with Crippen molar-refractivity contribution in [2.75, 3.05) is 5.73 Å². The van der Waals surface area contributed by atoms with Crippen LogP contribution in [0.3, 0.4) is 0 Å². The number of nitrogens with zero attached hydrogens (tertiary/aromatic N) is 1. The number of aromatic nitrogens is 1. The van der Waals surface area contributed by atoms with Crippen molar-refractivity contribution in [3.05, 3.63) is 23.3 Å². The van der Waals surface area contributed by atoms with Crippen LogP contribution in [0.4, 0.5) is 10.1 Å². The number of aromatic carboxylic acids is 1. The predicted octanol–water partition coefficient (Wildman–Crippen LogP) is 0.607. The van der Waals surface area contributed by atoms with Crippen LogP contribution in [0, 0.1) is 18.9 Å². The first-order valence-corrected chi connectivity index (χ1v) is 3.10. The Labute approximate surface area is 99.2 Å². The van der Waals surface area contributed by atoms with E-state index in [2.05, 4.69) is 4.98 Å². The van der Waals surface area contributed by atoms with Gasteiger partial charge in [0.25, 0.3) is 5.97 Å². The first-order valence-electron chi connectivity index (χ1n) is 3.10. The summed E-state index contributed by atoms with van der Waals surface area (Å²) in [6.45, 7) is 1.39. The fourth-order valence-electron chi connectivity index (χ4n) is 0.749. The second-order valence-corrected chi connectivity index (χ2v) is 2.23. The third kappa shape index (κ3) is 2.45. The Hall–Kier alpha value is -0.546. The summed E-state index contributed by atoms with van der Waals surface area (Å²) in [6.07, 6.45) is 1.87. The molecule has 0 saturated heterocycles. The third-order valence-corrected chi connectivity index (χ3v) is 1.46. The topological polar surface area (TPSA) is 76.2 Å². The predicted molar refractivity (Wildman–Crippen MR) is 39.1 cm³/mol. The minimum Gasteiger partial charge on any atom is -0.486 e. The number of nitrogen functional groups attached to an aromatic ring is 1. The normalized spacial score (nSPS) is 9.08. The second-order valence-electron chi connectivity index (χ2n) is 2.23. The van der Waals surface area contributed by atoms with Gasteiger partial charge >= 0.3 is 0 Å². The van der Waals surface area contributed by atoms with Crippen LogP contribution < -0.4 is 5.73 Å². The third-order valence-electron chi connectivity index (χ3n) is 1.46. The summed E-state index contributed by atoms with van der Waals surface area (Å²) in [5.41, 5.74) is 4.85. The van der Waals surface area contributed by atoms with Gasteiger partial charge in [0.15, 0.2) is 0 Å². The van der Waals surface area contributed by atoms with Gasteiger partial charge in [0.1, 0.15) is 0 Å². The summed E-state index contributed by atoms with van der Waals surface area (Å²) in [7, 11) is 0. The molecule has 1 radical (unpaired) electrons. The van der Waals surface area contributed by atoms with Gasteiger partial charge in [-0.3, -0.25) is 4.79 Å². The molecule has 67 valence electrons. The molecule has 0 aromatic carbocycles. The maximum atomic E-state index is 12.6. The molecule has 1 heterocycles. The van der Waals surface area contributed by atoms with E-state index in [1.165, 1.54) is 6.92 Å². The molecule has 0 bridgehead atoms. The van der Waals surface area contributed by atoms with Gasteiger partial charge in [-0.25, -0.2) is 4.39 Å². The number of hydrogen-bond donors (Lipinski definition) is 2. The van der Waals surface area contributed by atoms with E-state index in [0.717, 1.165) is 0 Å². The van der Waals surface area contributed by atoms with E-state index in [1.54, 1.807) is 0 Å². The SMILES string of the molecule is Cc1c(C(=O)O)n[c-]c(F)c1N.[Y]. The maximum absolute atomic E-state index is 12.6. The number of carbonyl (C=O) groups is 1. The zero-order valence-corrected chi connectivity index (χ0v) is 9.67. The fraction of sp³-hybridized carbons (Fsp3) is 0.143. The van der Waals surface area contributed by atoms with Crippen molar-refractivity contribution in [2.45, 2.75) is 6.92 Å². The Morgan fingerprint density at radius 1 is 1.69 bits per heavy atom. The Bertz CT molecular complexity index is 344. The quantitative estimate of drug-likeness (QED) is 0.723. The molecule has 0 unspecified atom stereocenters. The van der Waals surface area contributed by atoms with Crippen molar-refractivity contribution < 1.29 is 47.0 Å². The summed E-state index contributed by atoms with van der Waals surface area (Å²) in [5.74, 6) is -2.06. The van der Waals surface area contributed by atoms with Gasteiger partial charge in [0.2, 0.25) is 0 Å². The Morgan fingerprint density at radius 3 is 2.69 bits per heavy atom. The average Bonchev–Trinajstić information content (AvgIpc) is 2.00. The standard InChI is InChI=1S/C7H6FN2O2.Y/c1-3-5(9)4(8)2-10-6(3)7(11)12;/h1H3,(H2,9,10)(H,11,12);/q-1;. The van der Waals surface area contributed by atoms with Gasteiger partial charge < -0.3 is 15.8 Å². The summed E-state index contributed by atoms with van der Waals surface area (Å²) >= 11 is 0. The van der Waals surface area contributed by atoms with Gasteiger partial charge in [-0.1, -0.05) is 6.92 Å². The van der Waals surface area contributed by atoms with Crippen LogP contribution in [0.15, 0.2) is 0 Å². The molecule has 0 aliphatic heterocycles. The van der Waals surface area contributed by atoms with Crippen LogP contribution in [0.5, 0.6) is 0 Å². The van der Waals surface area contributed by atoms with Crippen LogP contribution in [-0.2, 0) is 32.7 Å². The number of rotatable bonds is 1. The smallest absolute Gasteiger partial charge is 0.296 e. The summed E-state index contributed by atoms with van der Waals surface area (Å²) in [5, 5.41) is 8.52. The molecule has 1 rings (SSSR count). The van der Waals surface area contributed by atoms with Gasteiger partial charge in [-0.05, 0) is 11.9 Å². The molecule has 4 nitrogen and oxygen atoms in total. The molecular weight excluding hydrogens is 252 g/mol. The van der Waals surface area contributed by atoms with Crippen molar-refractivity contribution in [1.29, 1.82) is 0 Å². The molecule has 1 aromatic heterocycles. The van der Waals surface area contributed by atoms with Crippen LogP contribution in [0.2, 0.25) is 0 Å². The van der Waals surface area contributed by atoms with E-state index in [9.17, 15) is 9.18 Å². The Balaban J connectivity index is 0.00000144. The molecule has 0 aliphatic carbocycles. The molecule has 1 aromatic rings. The van der Waals surface area contributed by atoms with Gasteiger partial charge in [-0.2, -0.15) is 0 Å². The van der Waals surface area contributed by atoms with E-state index in [0.29, 0.717) is 0 Å². The Morgan fingerprint density at radius 2 is 2.23 bits per heavy atom. The molecule has 6 heteroatoms. The number of halogens is 1. The molecule has 0 spiro atoms. The van der Waals surface area contributed by atoms with Crippen LogP contribution in [0.25, 0.3) is 0 Å². The first kappa shape index (κ1) is 12.5. The number of anilines is 1. The zero-order chi connectivity index (χ0) is 9.30. The summed E-state index contributed by atoms with van der Waals surface area (Å²) < 4.78 is 12.6. The van der Waals surface area contributed by atoms with E-state index < -0.39 is 11.8 Å². The first-order chi connectivity index (χ1) is 5.54. The van der Waals surface area contributed by atoms with Crippen molar-refractivity contribution in [3.63, 3.8) is 0 Å². The van der Waals surface area contributed by atoms with Crippen molar-refractivity contribution in [2.24, 2.45) is 0 Å². The molecule has 0 saturated carbocycles. The number of carboxylic acid groups (broad SMARTS) is 1. The van der Waals surface area contributed by atoms with E-state index in [1.807, 2.05) is 6.20 Å². The summed E-state index contributed by atoms with van der Waals surface area (Å²) in [4.78, 5) is 13.7. The largest absolute Gasteiger partial charge is 0.486 e. The van der Waals surface area contributed by atoms with Gasteiger partial charge in [0.05, 0.1) is 5.82 Å². The number of pyridine rings is 1.